The van der Waals surface area contributed by atoms with Crippen LogP contribution in [0.5, 0.6) is 5.75 Å². The number of ether oxygens (including phenoxy) is 4. The summed E-state index contributed by atoms with van der Waals surface area (Å²) in [5.41, 5.74) is 2.30. The number of thioether (sulfide) groups is 2. The zero-order valence-electron chi connectivity index (χ0n) is 19.9. The van der Waals surface area contributed by atoms with E-state index in [2.05, 4.69) is 37.0 Å². The first-order valence-electron chi connectivity index (χ1n) is 12.1. The molecule has 1 aromatic rings. The summed E-state index contributed by atoms with van der Waals surface area (Å²) in [6.45, 7) is 7.32. The van der Waals surface area contributed by atoms with E-state index in [0.717, 1.165) is 37.0 Å². The van der Waals surface area contributed by atoms with Gasteiger partial charge in [-0.1, -0.05) is 31.2 Å². The minimum absolute atomic E-state index is 0.0791. The highest BCUT2D eigenvalue weighted by atomic mass is 32.2. The maximum Gasteiger partial charge on any atom is 0.173 e. The van der Waals surface area contributed by atoms with Gasteiger partial charge in [0.05, 0.1) is 42.7 Å². The molecule has 3 saturated heterocycles. The van der Waals surface area contributed by atoms with Gasteiger partial charge < -0.3 is 24.1 Å². The van der Waals surface area contributed by atoms with Gasteiger partial charge in [-0.3, -0.25) is 0 Å². The van der Waals surface area contributed by atoms with Crippen LogP contribution in [0.2, 0.25) is 0 Å². The Hall–Kier alpha value is -0.700. The monoisotopic (exact) mass is 494 g/mol. The number of hydrogen-bond acceptors (Lipinski definition) is 7. The average molecular weight is 495 g/mol. The van der Waals surface area contributed by atoms with Gasteiger partial charge in [0.1, 0.15) is 5.75 Å². The van der Waals surface area contributed by atoms with Crippen molar-refractivity contribution in [1.29, 1.82) is 0 Å². The van der Waals surface area contributed by atoms with Crippen LogP contribution < -0.4 is 4.74 Å². The molecule has 0 bridgehead atoms. The molecule has 0 aromatic heterocycles. The third kappa shape index (κ3) is 6.71. The van der Waals surface area contributed by atoms with E-state index in [4.69, 9.17) is 18.9 Å². The predicted octanol–water partition coefficient (Wildman–Crippen LogP) is 5.55. The number of rotatable bonds is 8. The Morgan fingerprint density at radius 1 is 1.15 bits per heavy atom. The van der Waals surface area contributed by atoms with E-state index in [1.807, 2.05) is 24.3 Å². The summed E-state index contributed by atoms with van der Waals surface area (Å²) in [5, 5.41) is 10.8. The first-order chi connectivity index (χ1) is 15.9. The molecule has 184 valence electrons. The largest absolute Gasteiger partial charge is 0.497 e. The average Bonchev–Trinajstić information content (AvgIpc) is 2.79. The van der Waals surface area contributed by atoms with Crippen molar-refractivity contribution < 1.29 is 24.1 Å². The van der Waals surface area contributed by atoms with Gasteiger partial charge in [-0.05, 0) is 54.9 Å². The molecule has 1 aromatic carbocycles. The van der Waals surface area contributed by atoms with Crippen LogP contribution in [0.15, 0.2) is 36.4 Å². The zero-order chi connectivity index (χ0) is 23.3. The Bertz CT molecular complexity index is 779. The minimum atomic E-state index is -0.750. The van der Waals surface area contributed by atoms with Crippen LogP contribution in [0.25, 0.3) is 0 Å². The van der Waals surface area contributed by atoms with Gasteiger partial charge in [-0.15, -0.1) is 23.5 Å². The second kappa shape index (κ2) is 11.4. The van der Waals surface area contributed by atoms with Crippen LogP contribution in [0.1, 0.15) is 57.4 Å². The molecule has 0 radical (unpaired) electrons. The fraction of sp³-hybridized carbons (Fsp3) is 0.692. The number of aliphatic hydroxyl groups excluding tert-OH is 1. The van der Waals surface area contributed by atoms with Crippen molar-refractivity contribution in [3.8, 4) is 5.75 Å². The number of aliphatic hydroxyl groups is 1. The van der Waals surface area contributed by atoms with Crippen molar-refractivity contribution in [2.75, 3.05) is 25.2 Å². The van der Waals surface area contributed by atoms with E-state index in [-0.39, 0.29) is 16.3 Å². The van der Waals surface area contributed by atoms with Crippen molar-refractivity contribution in [1.82, 2.24) is 0 Å². The summed E-state index contributed by atoms with van der Waals surface area (Å²) in [4.78, 5) is 0. The van der Waals surface area contributed by atoms with Crippen molar-refractivity contribution in [3.05, 3.63) is 42.0 Å². The van der Waals surface area contributed by atoms with E-state index in [0.29, 0.717) is 26.1 Å². The molecule has 4 rings (SSSR count). The van der Waals surface area contributed by atoms with Crippen LogP contribution in [0.4, 0.5) is 0 Å². The lowest BCUT2D eigenvalue weighted by Crippen LogP contribution is -2.58. The van der Waals surface area contributed by atoms with Crippen molar-refractivity contribution >= 4 is 23.5 Å². The molecule has 1 N–H and O–H groups in total. The highest BCUT2D eigenvalue weighted by molar-refractivity contribution is 8.18. The molecule has 0 unspecified atom stereocenters. The van der Waals surface area contributed by atoms with Crippen LogP contribution in [0.3, 0.4) is 0 Å². The van der Waals surface area contributed by atoms with Crippen molar-refractivity contribution in [3.63, 3.8) is 0 Å². The fourth-order valence-corrected chi connectivity index (χ4v) is 8.69. The molecule has 3 aliphatic rings. The molecular formula is C26H38O5S2. The minimum Gasteiger partial charge on any atom is -0.497 e. The summed E-state index contributed by atoms with van der Waals surface area (Å²) in [6, 6.07) is 7.89. The van der Waals surface area contributed by atoms with Gasteiger partial charge in [0.15, 0.2) is 5.79 Å². The fourth-order valence-electron chi connectivity index (χ4n) is 5.10. The summed E-state index contributed by atoms with van der Waals surface area (Å²) in [6.07, 6.45) is 5.46. The second-order valence-electron chi connectivity index (χ2n) is 9.50. The van der Waals surface area contributed by atoms with Crippen molar-refractivity contribution in [2.45, 2.75) is 86.7 Å². The van der Waals surface area contributed by atoms with Gasteiger partial charge >= 0.3 is 0 Å². The van der Waals surface area contributed by atoms with E-state index < -0.39 is 11.9 Å². The van der Waals surface area contributed by atoms with Crippen LogP contribution in [0, 0.1) is 0 Å². The van der Waals surface area contributed by atoms with Gasteiger partial charge in [-0.25, -0.2) is 0 Å². The molecule has 3 aliphatic heterocycles. The first-order valence-corrected chi connectivity index (χ1v) is 14.1. The quantitative estimate of drug-likeness (QED) is 0.476. The van der Waals surface area contributed by atoms with Crippen molar-refractivity contribution in [2.24, 2.45) is 0 Å². The van der Waals surface area contributed by atoms with Crippen LogP contribution >= 0.6 is 23.5 Å². The van der Waals surface area contributed by atoms with E-state index in [1.54, 1.807) is 7.11 Å². The summed E-state index contributed by atoms with van der Waals surface area (Å²) >= 11 is 4.13. The standard InChI is InChI=1S/C26H38O5S2/c1-4-19(2)12-23-15-26(32-10-5-11-33-26)18-25(30-23)14-21(27)13-24(31-25)17-29-16-20-6-8-22(28-3)9-7-20/h6-9,21,23-24,27H,2,4-5,10-18H2,1,3H3/t21-,23+,24+,25+/m0/s1. The summed E-state index contributed by atoms with van der Waals surface area (Å²) in [5.74, 6) is 2.45. The lowest BCUT2D eigenvalue weighted by atomic mass is 9.89. The van der Waals surface area contributed by atoms with Gasteiger partial charge in [0.25, 0.3) is 0 Å². The Kier molecular flexibility index (Phi) is 8.74. The maximum atomic E-state index is 10.8. The molecule has 5 nitrogen and oxygen atoms in total. The second-order valence-corrected chi connectivity index (χ2v) is 12.7. The molecule has 4 atom stereocenters. The molecule has 3 heterocycles. The smallest absolute Gasteiger partial charge is 0.173 e. The number of hydrogen-bond donors (Lipinski definition) is 1. The van der Waals surface area contributed by atoms with E-state index >= 15 is 0 Å². The molecule has 0 saturated carbocycles. The molecule has 0 aliphatic carbocycles. The zero-order valence-corrected chi connectivity index (χ0v) is 21.6. The molecule has 33 heavy (non-hydrogen) atoms. The molecule has 7 heteroatoms. The van der Waals surface area contributed by atoms with E-state index in [9.17, 15) is 5.11 Å². The number of methoxy groups -OCH3 is 1. The third-order valence-corrected chi connectivity index (χ3v) is 10.1. The summed E-state index contributed by atoms with van der Waals surface area (Å²) < 4.78 is 24.6. The van der Waals surface area contributed by atoms with Gasteiger partial charge in [-0.2, -0.15) is 0 Å². The Morgan fingerprint density at radius 2 is 1.88 bits per heavy atom. The van der Waals surface area contributed by atoms with Crippen LogP contribution in [-0.2, 0) is 20.8 Å². The summed E-state index contributed by atoms with van der Waals surface area (Å²) in [7, 11) is 1.66. The van der Waals surface area contributed by atoms with Crippen LogP contribution in [-0.4, -0.2) is 58.5 Å². The lowest BCUT2D eigenvalue weighted by molar-refractivity contribution is -0.331. The highest BCUT2D eigenvalue weighted by Crippen LogP contribution is 2.56. The lowest BCUT2D eigenvalue weighted by Gasteiger charge is -2.54. The van der Waals surface area contributed by atoms with Gasteiger partial charge in [0, 0.05) is 19.3 Å². The van der Waals surface area contributed by atoms with Gasteiger partial charge in [0.2, 0.25) is 0 Å². The molecule has 0 amide bonds. The highest BCUT2D eigenvalue weighted by Gasteiger charge is 2.54. The van der Waals surface area contributed by atoms with E-state index in [1.165, 1.54) is 23.5 Å². The Balaban J connectivity index is 1.42. The first kappa shape index (κ1) is 25.4. The third-order valence-electron chi connectivity index (χ3n) is 6.69. The topological polar surface area (TPSA) is 57.2 Å². The molecule has 2 spiro atoms. The molecule has 3 fully saturated rings. The Labute approximate surface area is 207 Å². The number of benzene rings is 1. The normalized spacial score (nSPS) is 31.5. The molecular weight excluding hydrogens is 456 g/mol. The SMILES string of the molecule is C=C(CC)C[C@@H]1CC2(C[C@]3(C[C@@H](O)C[C@H](COCc4ccc(OC)cc4)O3)O1)SCCCS2. The maximum absolute atomic E-state index is 10.8. The Morgan fingerprint density at radius 3 is 2.58 bits per heavy atom. The predicted molar refractivity (Wildman–Crippen MR) is 136 cm³/mol.